The van der Waals surface area contributed by atoms with Crippen molar-refractivity contribution >= 4 is 33.8 Å². The third-order valence-electron chi connectivity index (χ3n) is 2.30. The Kier molecular flexibility index (Phi) is 4.52. The number of rotatable bonds is 4. The molecule has 104 valence electrons. The lowest BCUT2D eigenvalue weighted by atomic mass is 10.2. The molecule has 2 rings (SSSR count). The Morgan fingerprint density at radius 2 is 2.25 bits per heavy atom. The maximum absolute atomic E-state index is 11.9. The van der Waals surface area contributed by atoms with Gasteiger partial charge in [-0.25, -0.2) is 4.79 Å². The van der Waals surface area contributed by atoms with E-state index in [1.807, 2.05) is 0 Å². The number of benzene rings is 1. The van der Waals surface area contributed by atoms with E-state index in [-0.39, 0.29) is 24.2 Å². The second-order valence-electron chi connectivity index (χ2n) is 3.72. The smallest absolute Gasteiger partial charge is 0.360 e. The monoisotopic (exact) mass is 338 g/mol. The van der Waals surface area contributed by atoms with Crippen LogP contribution in [0.1, 0.15) is 27.8 Å². The molecule has 0 unspecified atom stereocenters. The summed E-state index contributed by atoms with van der Waals surface area (Å²) in [7, 11) is 0. The molecule has 1 amide bonds. The van der Waals surface area contributed by atoms with Crippen LogP contribution in [0.25, 0.3) is 0 Å². The molecule has 1 N–H and O–H groups in total. The maximum atomic E-state index is 11.9. The Morgan fingerprint density at radius 1 is 1.45 bits per heavy atom. The van der Waals surface area contributed by atoms with E-state index in [0.717, 1.165) is 10.7 Å². The van der Waals surface area contributed by atoms with E-state index in [4.69, 9.17) is 9.15 Å². The number of aromatic nitrogens is 1. The number of hydrogen-bond donors (Lipinski definition) is 1. The standard InChI is InChI=1S/C13H11BrN2O4/c1-2-19-12(18)10-7-20-13(15-10)16-11(17)8-4-3-5-9(14)6-8/h3-7H,2H2,1H3,(H,15,16,17). The minimum Gasteiger partial charge on any atom is -0.461 e. The molecule has 7 heteroatoms. The van der Waals surface area contributed by atoms with Crippen LogP contribution in [0.4, 0.5) is 6.01 Å². The molecule has 0 saturated heterocycles. The van der Waals surface area contributed by atoms with Crippen molar-refractivity contribution in [2.24, 2.45) is 0 Å². The van der Waals surface area contributed by atoms with Crippen LogP contribution < -0.4 is 5.32 Å². The first-order valence-corrected chi connectivity index (χ1v) is 6.59. The summed E-state index contributed by atoms with van der Waals surface area (Å²) in [4.78, 5) is 27.1. The van der Waals surface area contributed by atoms with Gasteiger partial charge in [0.25, 0.3) is 5.91 Å². The summed E-state index contributed by atoms with van der Waals surface area (Å²) in [6, 6.07) is 6.79. The van der Waals surface area contributed by atoms with Crippen LogP contribution in [0.15, 0.2) is 39.4 Å². The van der Waals surface area contributed by atoms with Crippen molar-refractivity contribution in [2.75, 3.05) is 11.9 Å². The van der Waals surface area contributed by atoms with Crippen LogP contribution in [0.5, 0.6) is 0 Å². The SMILES string of the molecule is CCOC(=O)c1coc(NC(=O)c2cccc(Br)c2)n1. The zero-order chi connectivity index (χ0) is 14.5. The Balaban J connectivity index is 2.07. The van der Waals surface area contributed by atoms with E-state index in [2.05, 4.69) is 26.2 Å². The van der Waals surface area contributed by atoms with E-state index in [9.17, 15) is 9.59 Å². The fourth-order valence-electron chi connectivity index (χ4n) is 1.43. The summed E-state index contributed by atoms with van der Waals surface area (Å²) in [6.45, 7) is 1.93. The number of hydrogen-bond acceptors (Lipinski definition) is 5. The zero-order valence-electron chi connectivity index (χ0n) is 10.6. The first kappa shape index (κ1) is 14.3. The van der Waals surface area contributed by atoms with Gasteiger partial charge in [-0.3, -0.25) is 10.1 Å². The highest BCUT2D eigenvalue weighted by atomic mass is 79.9. The second kappa shape index (κ2) is 6.33. The highest BCUT2D eigenvalue weighted by molar-refractivity contribution is 9.10. The number of halogens is 1. The van der Waals surface area contributed by atoms with Crippen molar-refractivity contribution in [1.29, 1.82) is 0 Å². The van der Waals surface area contributed by atoms with Gasteiger partial charge in [-0.1, -0.05) is 22.0 Å². The number of anilines is 1. The highest BCUT2D eigenvalue weighted by Crippen LogP contribution is 2.14. The van der Waals surface area contributed by atoms with Crippen LogP contribution in [0, 0.1) is 0 Å². The molecule has 6 nitrogen and oxygen atoms in total. The van der Waals surface area contributed by atoms with Crippen LogP contribution in [0.2, 0.25) is 0 Å². The molecule has 0 radical (unpaired) electrons. The van der Waals surface area contributed by atoms with Crippen LogP contribution >= 0.6 is 15.9 Å². The minimum absolute atomic E-state index is 0.0105. The van der Waals surface area contributed by atoms with Crippen LogP contribution in [-0.4, -0.2) is 23.5 Å². The van der Waals surface area contributed by atoms with Crippen molar-refractivity contribution < 1.29 is 18.7 Å². The fraction of sp³-hybridized carbons (Fsp3) is 0.154. The van der Waals surface area contributed by atoms with Gasteiger partial charge in [-0.05, 0) is 25.1 Å². The number of carbonyl (C=O) groups excluding carboxylic acids is 2. The van der Waals surface area contributed by atoms with Crippen molar-refractivity contribution in [2.45, 2.75) is 6.92 Å². The average Bonchev–Trinajstić information content (AvgIpc) is 2.87. The second-order valence-corrected chi connectivity index (χ2v) is 4.64. The zero-order valence-corrected chi connectivity index (χ0v) is 12.1. The molecular weight excluding hydrogens is 328 g/mol. The average molecular weight is 339 g/mol. The lowest BCUT2D eigenvalue weighted by Gasteiger charge is -2.01. The summed E-state index contributed by atoms with van der Waals surface area (Å²) in [5, 5.41) is 2.46. The lowest BCUT2D eigenvalue weighted by molar-refractivity contribution is 0.0519. The number of esters is 1. The Bertz CT molecular complexity index is 639. The van der Waals surface area contributed by atoms with E-state index in [1.165, 1.54) is 0 Å². The Hall–Kier alpha value is -2.15. The van der Waals surface area contributed by atoms with Crippen molar-refractivity contribution in [3.63, 3.8) is 0 Å². The number of oxazole rings is 1. The molecule has 1 aromatic heterocycles. The van der Waals surface area contributed by atoms with Gasteiger partial charge in [-0.2, -0.15) is 4.98 Å². The van der Waals surface area contributed by atoms with E-state index in [0.29, 0.717) is 5.56 Å². The Morgan fingerprint density at radius 3 is 2.95 bits per heavy atom. The van der Waals surface area contributed by atoms with E-state index < -0.39 is 5.97 Å². The highest BCUT2D eigenvalue weighted by Gasteiger charge is 2.15. The maximum Gasteiger partial charge on any atom is 0.360 e. The van der Waals surface area contributed by atoms with Gasteiger partial charge >= 0.3 is 12.0 Å². The molecule has 0 aliphatic heterocycles. The van der Waals surface area contributed by atoms with Crippen LogP contribution in [0.3, 0.4) is 0 Å². The molecule has 2 aromatic rings. The molecule has 0 atom stereocenters. The number of nitrogens with zero attached hydrogens (tertiary/aromatic N) is 1. The normalized spacial score (nSPS) is 10.1. The van der Waals surface area contributed by atoms with Gasteiger partial charge in [0.2, 0.25) is 0 Å². The molecule has 0 fully saturated rings. The van der Waals surface area contributed by atoms with Crippen molar-refractivity contribution in [3.05, 3.63) is 46.3 Å². The Labute approximate surface area is 123 Å². The predicted octanol–water partition coefficient (Wildman–Crippen LogP) is 2.87. The summed E-state index contributed by atoms with van der Waals surface area (Å²) < 4.78 is 10.5. The molecular formula is C13H11BrN2O4. The van der Waals surface area contributed by atoms with E-state index >= 15 is 0 Å². The minimum atomic E-state index is -0.598. The van der Waals surface area contributed by atoms with Crippen LogP contribution in [-0.2, 0) is 4.74 Å². The summed E-state index contributed by atoms with van der Waals surface area (Å²) in [5.41, 5.74) is 0.451. The molecule has 0 bridgehead atoms. The van der Waals surface area contributed by atoms with Gasteiger partial charge < -0.3 is 9.15 Å². The first-order chi connectivity index (χ1) is 9.60. The van der Waals surface area contributed by atoms with E-state index in [1.54, 1.807) is 31.2 Å². The molecule has 0 aliphatic carbocycles. The molecule has 1 aromatic carbocycles. The number of ether oxygens (including phenoxy) is 1. The summed E-state index contributed by atoms with van der Waals surface area (Å²) in [6.07, 6.45) is 1.13. The molecule has 1 heterocycles. The number of amides is 1. The predicted molar refractivity (Wildman–Crippen MR) is 74.6 cm³/mol. The topological polar surface area (TPSA) is 81.4 Å². The summed E-state index contributed by atoms with van der Waals surface area (Å²) in [5.74, 6) is -0.984. The van der Waals surface area contributed by atoms with Gasteiger partial charge in [0.1, 0.15) is 6.26 Å². The first-order valence-electron chi connectivity index (χ1n) is 5.79. The largest absolute Gasteiger partial charge is 0.461 e. The molecule has 0 saturated carbocycles. The lowest BCUT2D eigenvalue weighted by Crippen LogP contribution is -2.12. The molecule has 0 spiro atoms. The third-order valence-corrected chi connectivity index (χ3v) is 2.79. The fourth-order valence-corrected chi connectivity index (χ4v) is 1.83. The molecule has 0 aliphatic rings. The van der Waals surface area contributed by atoms with Gasteiger partial charge in [0, 0.05) is 10.0 Å². The third kappa shape index (κ3) is 3.45. The van der Waals surface area contributed by atoms with Crippen molar-refractivity contribution in [1.82, 2.24) is 4.98 Å². The quantitative estimate of drug-likeness (QED) is 0.867. The van der Waals surface area contributed by atoms with Gasteiger partial charge in [-0.15, -0.1) is 0 Å². The number of carbonyl (C=O) groups is 2. The molecule has 20 heavy (non-hydrogen) atoms. The summed E-state index contributed by atoms with van der Waals surface area (Å²) >= 11 is 3.28. The van der Waals surface area contributed by atoms with Gasteiger partial charge in [0.05, 0.1) is 6.61 Å². The van der Waals surface area contributed by atoms with Gasteiger partial charge in [0.15, 0.2) is 5.69 Å². The van der Waals surface area contributed by atoms with Crippen molar-refractivity contribution in [3.8, 4) is 0 Å². The number of nitrogens with one attached hydrogen (secondary N) is 1.